The van der Waals surface area contributed by atoms with E-state index in [1.807, 2.05) is 0 Å². The molecule has 0 aliphatic heterocycles. The van der Waals surface area contributed by atoms with Crippen molar-refractivity contribution in [1.82, 2.24) is 9.78 Å². The lowest BCUT2D eigenvalue weighted by molar-refractivity contribution is -0.385. The number of non-ortho nitro benzene ring substituents is 2. The molecule has 29 heavy (non-hydrogen) atoms. The van der Waals surface area contributed by atoms with E-state index in [9.17, 15) is 20.2 Å². The van der Waals surface area contributed by atoms with E-state index in [1.165, 1.54) is 24.3 Å². The van der Waals surface area contributed by atoms with Crippen molar-refractivity contribution >= 4 is 19.4 Å². The molecule has 8 nitrogen and oxygen atoms in total. The Morgan fingerprint density at radius 1 is 0.897 bits per heavy atom. The summed E-state index contributed by atoms with van der Waals surface area (Å²) in [4.78, 5) is 20.9. The van der Waals surface area contributed by atoms with Gasteiger partial charge in [0.2, 0.25) is 0 Å². The number of nitrogens with zero attached hydrogens (tertiary/aromatic N) is 4. The van der Waals surface area contributed by atoms with Crippen molar-refractivity contribution in [3.63, 3.8) is 0 Å². The fourth-order valence-electron chi connectivity index (χ4n) is 2.60. The third kappa shape index (κ3) is 4.56. The molecule has 0 bridgehead atoms. The second kappa shape index (κ2) is 7.69. The smallest absolute Gasteiger partial charge is 0.258 e. The zero-order valence-electron chi connectivity index (χ0n) is 16.1. The lowest BCUT2D eigenvalue weighted by Crippen LogP contribution is -2.16. The summed E-state index contributed by atoms with van der Waals surface area (Å²) in [5.74, 6) is 3.22. The Bertz CT molecular complexity index is 1060. The molecule has 0 amide bonds. The second-order valence-corrected chi connectivity index (χ2v) is 12.1. The third-order valence-electron chi connectivity index (χ3n) is 4.02. The molecule has 0 aliphatic rings. The molecule has 0 aliphatic carbocycles. The molecule has 1 aromatic heterocycles. The molecule has 1 heterocycles. The van der Waals surface area contributed by atoms with Gasteiger partial charge in [0.05, 0.1) is 21.7 Å². The van der Waals surface area contributed by atoms with Gasteiger partial charge in [-0.25, -0.2) is 4.68 Å². The summed E-state index contributed by atoms with van der Waals surface area (Å²) in [5.41, 5.74) is 6.08. The zero-order chi connectivity index (χ0) is 21.2. The highest BCUT2D eigenvalue weighted by Gasteiger charge is 2.16. The van der Waals surface area contributed by atoms with Crippen LogP contribution in [0.5, 0.6) is 0 Å². The predicted molar refractivity (Wildman–Crippen MR) is 113 cm³/mol. The van der Waals surface area contributed by atoms with Gasteiger partial charge in [-0.3, -0.25) is 20.2 Å². The van der Waals surface area contributed by atoms with Crippen LogP contribution in [-0.4, -0.2) is 27.7 Å². The van der Waals surface area contributed by atoms with Gasteiger partial charge in [0.15, 0.2) is 0 Å². The number of hydrogen-bond donors (Lipinski definition) is 0. The van der Waals surface area contributed by atoms with Crippen LogP contribution >= 0.6 is 0 Å². The molecule has 0 radical (unpaired) electrons. The molecule has 0 saturated heterocycles. The molecule has 0 fully saturated rings. The standard InChI is InChI=1S/C20H18N4O4Si/c1-29(2,3)13-12-20-19(15-4-6-17(7-5-15)23(25)26)14-21-22(20)16-8-10-18(11-9-16)24(27)28/h4-11,14H,1-3H3. The van der Waals surface area contributed by atoms with Gasteiger partial charge in [-0.05, 0) is 29.8 Å². The van der Waals surface area contributed by atoms with E-state index in [4.69, 9.17) is 0 Å². The molecule has 3 rings (SSSR count). The summed E-state index contributed by atoms with van der Waals surface area (Å²) in [6.45, 7) is 6.37. The Hall–Kier alpha value is -3.77. The summed E-state index contributed by atoms with van der Waals surface area (Å²) < 4.78 is 1.63. The van der Waals surface area contributed by atoms with E-state index >= 15 is 0 Å². The van der Waals surface area contributed by atoms with Gasteiger partial charge in [-0.2, -0.15) is 5.10 Å². The van der Waals surface area contributed by atoms with Crippen LogP contribution < -0.4 is 0 Å². The molecule has 0 N–H and O–H groups in total. The van der Waals surface area contributed by atoms with Crippen molar-refractivity contribution in [3.05, 3.63) is 80.7 Å². The lowest BCUT2D eigenvalue weighted by Gasteiger charge is -2.07. The van der Waals surface area contributed by atoms with E-state index in [-0.39, 0.29) is 11.4 Å². The minimum absolute atomic E-state index is 0.00578. The first-order chi connectivity index (χ1) is 13.7. The van der Waals surface area contributed by atoms with Gasteiger partial charge >= 0.3 is 0 Å². The third-order valence-corrected chi connectivity index (χ3v) is 4.89. The minimum Gasteiger partial charge on any atom is -0.258 e. The predicted octanol–water partition coefficient (Wildman–Crippen LogP) is 4.58. The molecule has 0 spiro atoms. The normalized spacial score (nSPS) is 10.9. The number of aromatic nitrogens is 2. The van der Waals surface area contributed by atoms with Crippen LogP contribution in [0.25, 0.3) is 16.8 Å². The second-order valence-electron chi connectivity index (χ2n) is 7.40. The lowest BCUT2D eigenvalue weighted by atomic mass is 10.1. The maximum absolute atomic E-state index is 10.9. The van der Waals surface area contributed by atoms with E-state index in [2.05, 4.69) is 36.2 Å². The van der Waals surface area contributed by atoms with Crippen molar-refractivity contribution in [2.75, 3.05) is 0 Å². The molecule has 146 valence electrons. The number of benzene rings is 2. The van der Waals surface area contributed by atoms with Crippen molar-refractivity contribution in [1.29, 1.82) is 0 Å². The number of rotatable bonds is 4. The molecule has 9 heteroatoms. The fourth-order valence-corrected chi connectivity index (χ4v) is 3.09. The highest BCUT2D eigenvalue weighted by atomic mass is 28.3. The Morgan fingerprint density at radius 2 is 1.41 bits per heavy atom. The van der Waals surface area contributed by atoms with Crippen LogP contribution in [0.2, 0.25) is 19.6 Å². The zero-order valence-corrected chi connectivity index (χ0v) is 17.1. The van der Waals surface area contributed by atoms with Crippen molar-refractivity contribution in [2.45, 2.75) is 19.6 Å². The van der Waals surface area contributed by atoms with Gasteiger partial charge < -0.3 is 0 Å². The van der Waals surface area contributed by atoms with Gasteiger partial charge in [-0.1, -0.05) is 25.6 Å². The summed E-state index contributed by atoms with van der Waals surface area (Å²) in [7, 11) is -1.69. The molecular formula is C20H18N4O4Si. The summed E-state index contributed by atoms with van der Waals surface area (Å²) in [5, 5.41) is 26.2. The van der Waals surface area contributed by atoms with Crippen molar-refractivity contribution < 1.29 is 9.85 Å². The van der Waals surface area contributed by atoms with E-state index < -0.39 is 17.9 Å². The fraction of sp³-hybridized carbons (Fsp3) is 0.150. The minimum atomic E-state index is -1.69. The average Bonchev–Trinajstić information content (AvgIpc) is 3.10. The monoisotopic (exact) mass is 406 g/mol. The van der Waals surface area contributed by atoms with Gasteiger partial charge in [0.25, 0.3) is 11.4 Å². The quantitative estimate of drug-likeness (QED) is 0.273. The first-order valence-electron chi connectivity index (χ1n) is 8.76. The van der Waals surface area contributed by atoms with Crippen LogP contribution in [0, 0.1) is 31.7 Å². The summed E-state index contributed by atoms with van der Waals surface area (Å²) in [6, 6.07) is 12.3. The first-order valence-corrected chi connectivity index (χ1v) is 12.3. The SMILES string of the molecule is C[Si](C)(C)C#Cc1c(-c2ccc([N+](=O)[O-])cc2)cnn1-c1ccc([N+](=O)[O-])cc1. The average molecular weight is 406 g/mol. The molecule has 3 aromatic rings. The van der Waals surface area contributed by atoms with Crippen LogP contribution in [0.1, 0.15) is 5.69 Å². The molecule has 0 unspecified atom stereocenters. The number of nitro groups is 2. The van der Waals surface area contributed by atoms with Crippen molar-refractivity contribution in [3.8, 4) is 28.3 Å². The van der Waals surface area contributed by atoms with E-state index in [0.29, 0.717) is 11.4 Å². The Kier molecular flexibility index (Phi) is 5.30. The van der Waals surface area contributed by atoms with Crippen LogP contribution in [-0.2, 0) is 0 Å². The highest BCUT2D eigenvalue weighted by molar-refractivity contribution is 6.83. The largest absolute Gasteiger partial charge is 0.269 e. The molecule has 0 atom stereocenters. The summed E-state index contributed by atoms with van der Waals surface area (Å²) >= 11 is 0. The summed E-state index contributed by atoms with van der Waals surface area (Å²) in [6.07, 6.45) is 1.65. The molecule has 2 aromatic carbocycles. The van der Waals surface area contributed by atoms with E-state index in [0.717, 1.165) is 11.1 Å². The van der Waals surface area contributed by atoms with Gasteiger partial charge in [0, 0.05) is 29.8 Å². The Morgan fingerprint density at radius 3 is 1.90 bits per heavy atom. The molecular weight excluding hydrogens is 388 g/mol. The maximum atomic E-state index is 10.9. The highest BCUT2D eigenvalue weighted by Crippen LogP contribution is 2.27. The topological polar surface area (TPSA) is 104 Å². The maximum Gasteiger partial charge on any atom is 0.269 e. The van der Waals surface area contributed by atoms with Crippen LogP contribution in [0.3, 0.4) is 0 Å². The van der Waals surface area contributed by atoms with Crippen molar-refractivity contribution in [2.24, 2.45) is 0 Å². The van der Waals surface area contributed by atoms with E-state index in [1.54, 1.807) is 35.1 Å². The van der Waals surface area contributed by atoms with Gasteiger partial charge in [-0.15, -0.1) is 5.54 Å². The van der Waals surface area contributed by atoms with Crippen LogP contribution in [0.4, 0.5) is 11.4 Å². The van der Waals surface area contributed by atoms with Gasteiger partial charge in [0.1, 0.15) is 13.8 Å². The number of hydrogen-bond acceptors (Lipinski definition) is 5. The first kappa shape index (κ1) is 20.0. The molecule has 0 saturated carbocycles. The Balaban J connectivity index is 2.13. The Labute approximate surface area is 168 Å². The van der Waals surface area contributed by atoms with Crippen LogP contribution in [0.15, 0.2) is 54.7 Å². The number of nitro benzene ring substituents is 2.